The van der Waals surface area contributed by atoms with E-state index in [9.17, 15) is 31.1 Å². The number of carbonyl (C=O) groups excluding carboxylic acids is 1. The highest BCUT2D eigenvalue weighted by molar-refractivity contribution is 7.11. The maximum Gasteiger partial charge on any atom is 0.490 e. The van der Waals surface area contributed by atoms with E-state index in [4.69, 9.17) is 19.8 Å². The van der Waals surface area contributed by atoms with Crippen LogP contribution in [0, 0.1) is 6.92 Å². The Morgan fingerprint density at radius 2 is 1.62 bits per heavy atom. The van der Waals surface area contributed by atoms with Gasteiger partial charge in [0.05, 0.1) is 17.9 Å². The molecule has 2 atom stereocenters. The number of aliphatic carboxylic acids is 2. The number of carboxylic acids is 2. The van der Waals surface area contributed by atoms with Gasteiger partial charge in [0.2, 0.25) is 5.91 Å². The third kappa shape index (κ3) is 8.45. The molecule has 0 aliphatic carbocycles. The van der Waals surface area contributed by atoms with Crippen LogP contribution in [0.2, 0.25) is 0 Å². The number of anilines is 1. The van der Waals surface area contributed by atoms with E-state index in [0.717, 1.165) is 31.6 Å². The second kappa shape index (κ2) is 11.9. The SMILES string of the molecule is Cc1ccc(CN2CC[C@H]3[C@@H]2CCC(=O)N3c2cnn(C)c2)s1.O=C(O)C(F)(F)F.O=C(O)C(F)(F)F. The van der Waals surface area contributed by atoms with Crippen LogP contribution in [-0.4, -0.2) is 73.7 Å². The Kier molecular flexibility index (Phi) is 9.71. The number of hydrogen-bond acceptors (Lipinski definition) is 6. The number of carboxylic acid groups (broad SMARTS) is 2. The molecule has 2 fully saturated rings. The van der Waals surface area contributed by atoms with Crippen molar-refractivity contribution in [3.8, 4) is 0 Å². The molecule has 2 N–H and O–H groups in total. The summed E-state index contributed by atoms with van der Waals surface area (Å²) >= 11 is 1.88. The van der Waals surface area contributed by atoms with E-state index in [0.29, 0.717) is 18.5 Å². The fraction of sp³-hybridized carbons (Fsp3) is 0.524. The highest BCUT2D eigenvalue weighted by Gasteiger charge is 2.44. The van der Waals surface area contributed by atoms with Gasteiger partial charge in [-0.1, -0.05) is 0 Å². The fourth-order valence-corrected chi connectivity index (χ4v) is 4.90. The molecular weight excluding hydrogens is 534 g/mol. The summed E-state index contributed by atoms with van der Waals surface area (Å²) in [5.74, 6) is -5.27. The summed E-state index contributed by atoms with van der Waals surface area (Å²) < 4.78 is 65.2. The second-order valence-electron chi connectivity index (χ2n) is 8.19. The average Bonchev–Trinajstić information content (AvgIpc) is 3.48. The van der Waals surface area contributed by atoms with Gasteiger partial charge in [0, 0.05) is 48.6 Å². The normalized spacial score (nSPS) is 19.9. The topological polar surface area (TPSA) is 116 Å². The molecule has 0 spiro atoms. The van der Waals surface area contributed by atoms with Crippen LogP contribution in [0.4, 0.5) is 32.0 Å². The van der Waals surface area contributed by atoms with E-state index in [1.807, 2.05) is 35.7 Å². The van der Waals surface area contributed by atoms with Gasteiger partial charge >= 0.3 is 24.3 Å². The van der Waals surface area contributed by atoms with Gasteiger partial charge in [-0.15, -0.1) is 11.3 Å². The molecular formula is C21H24F6N4O5S. The van der Waals surface area contributed by atoms with Gasteiger partial charge in [0.25, 0.3) is 0 Å². The van der Waals surface area contributed by atoms with Crippen LogP contribution in [0.5, 0.6) is 0 Å². The van der Waals surface area contributed by atoms with Crippen LogP contribution in [0.3, 0.4) is 0 Å². The summed E-state index contributed by atoms with van der Waals surface area (Å²) in [5.41, 5.74) is 0.945. The van der Waals surface area contributed by atoms with Crippen molar-refractivity contribution >= 4 is 34.9 Å². The predicted octanol–water partition coefficient (Wildman–Crippen LogP) is 3.83. The first-order chi connectivity index (χ1) is 17.0. The van der Waals surface area contributed by atoms with Crippen molar-refractivity contribution < 1.29 is 50.9 Å². The summed E-state index contributed by atoms with van der Waals surface area (Å²) in [6.45, 7) is 4.23. The Hall–Kier alpha value is -3.14. The maximum atomic E-state index is 12.5. The Morgan fingerprint density at radius 1 is 1.05 bits per heavy atom. The molecule has 0 aromatic carbocycles. The van der Waals surface area contributed by atoms with Gasteiger partial charge in [-0.25, -0.2) is 9.59 Å². The minimum absolute atomic E-state index is 0.244. The zero-order valence-corrected chi connectivity index (χ0v) is 20.4. The smallest absolute Gasteiger partial charge is 0.475 e. The molecule has 1 amide bonds. The first-order valence-corrected chi connectivity index (χ1v) is 11.5. The van der Waals surface area contributed by atoms with E-state index < -0.39 is 24.3 Å². The average molecular weight is 559 g/mol. The summed E-state index contributed by atoms with van der Waals surface area (Å²) in [7, 11) is 1.90. The van der Waals surface area contributed by atoms with E-state index in [-0.39, 0.29) is 5.91 Å². The summed E-state index contributed by atoms with van der Waals surface area (Å²) in [4.78, 5) is 37.6. The van der Waals surface area contributed by atoms with Crippen molar-refractivity contribution in [2.24, 2.45) is 7.05 Å². The van der Waals surface area contributed by atoms with Crippen LogP contribution in [-0.2, 0) is 28.0 Å². The number of aryl methyl sites for hydroxylation is 2. The molecule has 2 aliphatic heterocycles. The number of halogens is 6. The van der Waals surface area contributed by atoms with E-state index >= 15 is 0 Å². The van der Waals surface area contributed by atoms with Gasteiger partial charge in [-0.3, -0.25) is 14.4 Å². The maximum absolute atomic E-state index is 12.5. The number of rotatable bonds is 3. The van der Waals surface area contributed by atoms with Gasteiger partial charge in [0.1, 0.15) is 0 Å². The number of hydrogen-bond donors (Lipinski definition) is 2. The summed E-state index contributed by atoms with van der Waals surface area (Å²) in [6, 6.07) is 5.19. The number of nitrogens with zero attached hydrogens (tertiary/aromatic N) is 4. The number of fused-ring (bicyclic) bond motifs is 1. The van der Waals surface area contributed by atoms with Crippen LogP contribution >= 0.6 is 11.3 Å². The van der Waals surface area contributed by atoms with Gasteiger partial charge in [-0.2, -0.15) is 31.4 Å². The first kappa shape index (κ1) is 30.1. The van der Waals surface area contributed by atoms with Crippen LogP contribution in [0.15, 0.2) is 24.5 Å². The molecule has 16 heteroatoms. The van der Waals surface area contributed by atoms with Crippen LogP contribution in [0.1, 0.15) is 29.0 Å². The predicted molar refractivity (Wildman–Crippen MR) is 119 cm³/mol. The van der Waals surface area contributed by atoms with Gasteiger partial charge in [0.15, 0.2) is 0 Å². The molecule has 0 unspecified atom stereocenters. The summed E-state index contributed by atoms with van der Waals surface area (Å²) in [6.07, 6.45) is -3.74. The van der Waals surface area contributed by atoms with Crippen molar-refractivity contribution in [3.63, 3.8) is 0 Å². The Bertz CT molecular complexity index is 1080. The standard InChI is InChI=1S/C17H22N4OS.2C2HF3O2/c1-12-3-4-14(23-12)11-20-8-7-16-15(20)5-6-17(22)21(16)13-9-18-19(2)10-13;2*3-2(4,5)1(6)7/h3-4,9-10,15-16H,5-8,11H2,1-2H3;2*(H,6,7)/t15-,16-;;/m0../s1. The minimum Gasteiger partial charge on any atom is -0.475 e. The number of aromatic nitrogens is 2. The lowest BCUT2D eigenvalue weighted by molar-refractivity contribution is -0.193. The molecule has 9 nitrogen and oxygen atoms in total. The third-order valence-corrected chi connectivity index (χ3v) is 6.47. The zero-order valence-electron chi connectivity index (χ0n) is 19.6. The highest BCUT2D eigenvalue weighted by atomic mass is 32.1. The largest absolute Gasteiger partial charge is 0.490 e. The number of thiophene rings is 1. The Labute approximate surface area is 210 Å². The molecule has 0 radical (unpaired) electrons. The number of carbonyl (C=O) groups is 3. The minimum atomic E-state index is -5.08. The molecule has 0 bridgehead atoms. The molecule has 2 aromatic heterocycles. The van der Waals surface area contributed by atoms with Crippen molar-refractivity contribution in [1.82, 2.24) is 14.7 Å². The Morgan fingerprint density at radius 3 is 2.05 bits per heavy atom. The number of likely N-dealkylation sites (tertiary alicyclic amines) is 1. The van der Waals surface area contributed by atoms with Gasteiger partial charge < -0.3 is 15.1 Å². The molecule has 0 saturated carbocycles. The molecule has 4 rings (SSSR count). The Balaban J connectivity index is 0.000000286. The lowest BCUT2D eigenvalue weighted by Gasteiger charge is -2.39. The van der Waals surface area contributed by atoms with Crippen molar-refractivity contribution in [3.05, 3.63) is 34.3 Å². The monoisotopic (exact) mass is 558 g/mol. The molecule has 2 aromatic rings. The molecule has 37 heavy (non-hydrogen) atoms. The second-order valence-corrected chi connectivity index (χ2v) is 9.56. The lowest BCUT2D eigenvalue weighted by atomic mass is 9.96. The van der Waals surface area contributed by atoms with E-state index in [1.54, 1.807) is 4.68 Å². The quantitative estimate of drug-likeness (QED) is 0.551. The number of alkyl halides is 6. The molecule has 206 valence electrons. The molecule has 2 saturated heterocycles. The van der Waals surface area contributed by atoms with E-state index in [2.05, 4.69) is 29.1 Å². The van der Waals surface area contributed by atoms with Crippen molar-refractivity contribution in [2.45, 2.75) is 57.2 Å². The van der Waals surface area contributed by atoms with Crippen LogP contribution in [0.25, 0.3) is 0 Å². The third-order valence-electron chi connectivity index (χ3n) is 5.49. The summed E-state index contributed by atoms with van der Waals surface area (Å²) in [5, 5.41) is 18.5. The van der Waals surface area contributed by atoms with Crippen LogP contribution < -0.4 is 4.90 Å². The number of amides is 1. The fourth-order valence-electron chi connectivity index (χ4n) is 3.99. The first-order valence-electron chi connectivity index (χ1n) is 10.7. The lowest BCUT2D eigenvalue weighted by Crippen LogP contribution is -2.52. The molecule has 2 aliphatic rings. The molecule has 4 heterocycles. The number of piperidine rings is 1. The highest BCUT2D eigenvalue weighted by Crippen LogP contribution is 2.36. The van der Waals surface area contributed by atoms with E-state index in [1.165, 1.54) is 9.75 Å². The van der Waals surface area contributed by atoms with Crippen molar-refractivity contribution in [2.75, 3.05) is 11.4 Å². The van der Waals surface area contributed by atoms with Crippen molar-refractivity contribution in [1.29, 1.82) is 0 Å². The van der Waals surface area contributed by atoms with Gasteiger partial charge in [-0.05, 0) is 31.9 Å². The zero-order chi connectivity index (χ0) is 28.1.